The van der Waals surface area contributed by atoms with Crippen LogP contribution >= 0.6 is 11.8 Å². The molecule has 0 spiro atoms. The van der Waals surface area contributed by atoms with Gasteiger partial charge in [0.2, 0.25) is 5.91 Å². The molecule has 1 fully saturated rings. The predicted molar refractivity (Wildman–Crippen MR) is 117 cm³/mol. The van der Waals surface area contributed by atoms with Crippen molar-refractivity contribution in [3.8, 4) is 0 Å². The van der Waals surface area contributed by atoms with E-state index < -0.39 is 0 Å². The lowest BCUT2D eigenvalue weighted by Gasteiger charge is -2.38. The highest BCUT2D eigenvalue weighted by atomic mass is 32.2. The smallest absolute Gasteiger partial charge is 0.245 e. The Morgan fingerprint density at radius 1 is 0.966 bits per heavy atom. The predicted octanol–water partition coefficient (Wildman–Crippen LogP) is 5.44. The van der Waals surface area contributed by atoms with Gasteiger partial charge in [-0.1, -0.05) is 48.5 Å². The zero-order valence-electron chi connectivity index (χ0n) is 16.2. The van der Waals surface area contributed by atoms with Gasteiger partial charge in [-0.05, 0) is 55.3 Å². The Balaban J connectivity index is 1.46. The van der Waals surface area contributed by atoms with Crippen LogP contribution in [0.15, 0.2) is 82.8 Å². The number of anilines is 2. The first kappa shape index (κ1) is 18.4. The number of para-hydroxylation sites is 2. The van der Waals surface area contributed by atoms with E-state index in [0.717, 1.165) is 40.6 Å². The molecule has 5 rings (SSSR count). The van der Waals surface area contributed by atoms with E-state index in [1.165, 1.54) is 12.0 Å². The Bertz CT molecular complexity index is 978. The molecule has 0 aliphatic carbocycles. The summed E-state index contributed by atoms with van der Waals surface area (Å²) in [5.41, 5.74) is 3.17. The highest BCUT2D eigenvalue weighted by Gasteiger charge is 2.32. The van der Waals surface area contributed by atoms with Crippen LogP contribution in [0.25, 0.3) is 0 Å². The lowest BCUT2D eigenvalue weighted by atomic mass is 9.96. The molecule has 0 saturated carbocycles. The molecule has 4 nitrogen and oxygen atoms in total. The molecule has 1 aromatic heterocycles. The Labute approximate surface area is 175 Å². The van der Waals surface area contributed by atoms with Gasteiger partial charge in [-0.25, -0.2) is 0 Å². The molecule has 1 saturated heterocycles. The minimum absolute atomic E-state index is 0.126. The fourth-order valence-corrected chi connectivity index (χ4v) is 5.41. The zero-order valence-corrected chi connectivity index (χ0v) is 17.0. The molecule has 29 heavy (non-hydrogen) atoms. The standard InChI is InChI=1S/C24H23N3OS/c28-24(17-26-15-6-5-9-19(26)18-8-7-14-25-16-18)27-20-10-1-3-12-22(20)29-23-13-4-2-11-21(23)27/h1-4,7-8,10-14,16,19H,5-6,9,15,17H2/t19-/m1/s1. The van der Waals surface area contributed by atoms with E-state index in [2.05, 4.69) is 28.1 Å². The highest BCUT2D eigenvalue weighted by molar-refractivity contribution is 7.99. The number of nitrogens with zero attached hydrogens (tertiary/aromatic N) is 3. The van der Waals surface area contributed by atoms with Crippen LogP contribution in [0, 0.1) is 0 Å². The fraction of sp³-hybridized carbons (Fsp3) is 0.250. The average Bonchev–Trinajstić information content (AvgIpc) is 2.78. The molecular formula is C24H23N3OS. The minimum atomic E-state index is 0.126. The summed E-state index contributed by atoms with van der Waals surface area (Å²) >= 11 is 1.73. The maximum Gasteiger partial charge on any atom is 0.245 e. The summed E-state index contributed by atoms with van der Waals surface area (Å²) in [5.74, 6) is 0.126. The second kappa shape index (κ2) is 8.01. The molecule has 146 valence electrons. The number of rotatable bonds is 3. The fourth-order valence-electron chi connectivity index (χ4n) is 4.35. The minimum Gasteiger partial charge on any atom is -0.287 e. The molecule has 1 atom stereocenters. The molecule has 2 aliphatic heterocycles. The first-order chi connectivity index (χ1) is 14.3. The SMILES string of the molecule is O=C(CN1CCCC[C@@H]1c1cccnc1)N1c2ccccc2Sc2ccccc21. The van der Waals surface area contributed by atoms with Gasteiger partial charge in [0.25, 0.3) is 0 Å². The van der Waals surface area contributed by atoms with Gasteiger partial charge >= 0.3 is 0 Å². The van der Waals surface area contributed by atoms with Crippen molar-refractivity contribution in [2.24, 2.45) is 0 Å². The lowest BCUT2D eigenvalue weighted by Crippen LogP contribution is -2.42. The van der Waals surface area contributed by atoms with Gasteiger partial charge in [0.1, 0.15) is 0 Å². The van der Waals surface area contributed by atoms with Gasteiger partial charge in [-0.3, -0.25) is 19.6 Å². The molecule has 2 aromatic carbocycles. The normalized spacial score (nSPS) is 18.8. The number of pyridine rings is 1. The quantitative estimate of drug-likeness (QED) is 0.586. The maximum atomic E-state index is 13.6. The second-order valence-electron chi connectivity index (χ2n) is 7.54. The van der Waals surface area contributed by atoms with E-state index in [-0.39, 0.29) is 11.9 Å². The van der Waals surface area contributed by atoms with Crippen molar-refractivity contribution >= 4 is 29.0 Å². The van der Waals surface area contributed by atoms with Crippen molar-refractivity contribution in [1.82, 2.24) is 9.88 Å². The van der Waals surface area contributed by atoms with E-state index >= 15 is 0 Å². The molecule has 5 heteroatoms. The van der Waals surface area contributed by atoms with Gasteiger partial charge < -0.3 is 0 Å². The first-order valence-electron chi connectivity index (χ1n) is 10.1. The number of hydrogen-bond donors (Lipinski definition) is 0. The summed E-state index contributed by atoms with van der Waals surface area (Å²) in [4.78, 5) is 24.4. The van der Waals surface area contributed by atoms with Gasteiger partial charge in [0.05, 0.1) is 17.9 Å². The number of piperidine rings is 1. The molecule has 3 aromatic rings. The van der Waals surface area contributed by atoms with E-state index in [9.17, 15) is 4.79 Å². The highest BCUT2D eigenvalue weighted by Crippen LogP contribution is 2.48. The van der Waals surface area contributed by atoms with Crippen LogP contribution in [0.3, 0.4) is 0 Å². The molecule has 0 radical (unpaired) electrons. The molecule has 0 N–H and O–H groups in total. The largest absolute Gasteiger partial charge is 0.287 e. The van der Waals surface area contributed by atoms with Crippen molar-refractivity contribution in [3.63, 3.8) is 0 Å². The van der Waals surface area contributed by atoms with Crippen molar-refractivity contribution in [3.05, 3.63) is 78.6 Å². The Morgan fingerprint density at radius 2 is 1.69 bits per heavy atom. The van der Waals surface area contributed by atoms with Crippen LogP contribution < -0.4 is 4.90 Å². The Morgan fingerprint density at radius 3 is 2.38 bits per heavy atom. The third-order valence-corrected chi connectivity index (χ3v) is 6.83. The molecular weight excluding hydrogens is 378 g/mol. The van der Waals surface area contributed by atoms with Crippen LogP contribution in [-0.2, 0) is 4.79 Å². The second-order valence-corrected chi connectivity index (χ2v) is 8.62. The topological polar surface area (TPSA) is 36.4 Å². The van der Waals surface area contributed by atoms with Gasteiger partial charge in [0.15, 0.2) is 0 Å². The zero-order chi connectivity index (χ0) is 19.6. The molecule has 0 bridgehead atoms. The summed E-state index contributed by atoms with van der Waals surface area (Å²) < 4.78 is 0. The molecule has 3 heterocycles. The number of aromatic nitrogens is 1. The van der Waals surface area contributed by atoms with E-state index in [1.807, 2.05) is 53.6 Å². The van der Waals surface area contributed by atoms with Crippen LogP contribution in [0.1, 0.15) is 30.9 Å². The number of carbonyl (C=O) groups excluding carboxylic acids is 1. The van der Waals surface area contributed by atoms with Crippen molar-refractivity contribution in [1.29, 1.82) is 0 Å². The third-order valence-electron chi connectivity index (χ3n) is 5.70. The number of likely N-dealkylation sites (tertiary alicyclic amines) is 1. The molecule has 2 aliphatic rings. The number of carbonyl (C=O) groups is 1. The summed E-state index contributed by atoms with van der Waals surface area (Å²) in [6.45, 7) is 1.35. The number of amides is 1. The molecule has 0 unspecified atom stereocenters. The Kier molecular flexibility index (Phi) is 5.08. The van der Waals surface area contributed by atoms with E-state index in [0.29, 0.717) is 6.54 Å². The number of benzene rings is 2. The average molecular weight is 402 g/mol. The van der Waals surface area contributed by atoms with Crippen molar-refractivity contribution in [2.75, 3.05) is 18.0 Å². The number of hydrogen-bond acceptors (Lipinski definition) is 4. The van der Waals surface area contributed by atoms with Gasteiger partial charge in [0, 0.05) is 28.2 Å². The third kappa shape index (κ3) is 3.56. The maximum absolute atomic E-state index is 13.6. The van der Waals surface area contributed by atoms with E-state index in [4.69, 9.17) is 0 Å². The summed E-state index contributed by atoms with van der Waals surface area (Å²) in [6.07, 6.45) is 7.14. The summed E-state index contributed by atoms with van der Waals surface area (Å²) in [6, 6.07) is 20.7. The van der Waals surface area contributed by atoms with Crippen LogP contribution in [0.2, 0.25) is 0 Å². The summed E-state index contributed by atoms with van der Waals surface area (Å²) in [7, 11) is 0. The van der Waals surface area contributed by atoms with Crippen LogP contribution in [-0.4, -0.2) is 28.9 Å². The summed E-state index contributed by atoms with van der Waals surface area (Å²) in [5, 5.41) is 0. The van der Waals surface area contributed by atoms with Crippen molar-refractivity contribution < 1.29 is 4.79 Å². The monoisotopic (exact) mass is 401 g/mol. The van der Waals surface area contributed by atoms with Crippen LogP contribution in [0.5, 0.6) is 0 Å². The first-order valence-corrected chi connectivity index (χ1v) is 11.0. The van der Waals surface area contributed by atoms with E-state index in [1.54, 1.807) is 18.0 Å². The van der Waals surface area contributed by atoms with Gasteiger partial charge in [-0.15, -0.1) is 0 Å². The molecule has 1 amide bonds. The Hall–Kier alpha value is -2.63. The van der Waals surface area contributed by atoms with Crippen LogP contribution in [0.4, 0.5) is 11.4 Å². The lowest BCUT2D eigenvalue weighted by molar-refractivity contribution is -0.120. The number of fused-ring (bicyclic) bond motifs is 2. The van der Waals surface area contributed by atoms with Crippen molar-refractivity contribution in [2.45, 2.75) is 35.1 Å². The van der Waals surface area contributed by atoms with Gasteiger partial charge in [-0.2, -0.15) is 0 Å².